The third kappa shape index (κ3) is 1.69. The molecule has 5 heteroatoms. The Kier molecular flexibility index (Phi) is 2.93. The topological polar surface area (TPSA) is 54.5 Å². The van der Waals surface area contributed by atoms with Crippen LogP contribution in [0.25, 0.3) is 0 Å². The molecule has 3 aliphatic carbocycles. The van der Waals surface area contributed by atoms with Crippen molar-refractivity contribution in [3.05, 3.63) is 12.2 Å². The molecular weight excluding hydrogens is 298 g/mol. The summed E-state index contributed by atoms with van der Waals surface area (Å²) in [5.41, 5.74) is -0.162. The van der Waals surface area contributed by atoms with Gasteiger partial charge in [0.25, 0.3) is 0 Å². The maximum Gasteiger partial charge on any atom is 0.238 e. The third-order valence-corrected chi connectivity index (χ3v) is 9.14. The van der Waals surface area contributed by atoms with E-state index in [1.807, 2.05) is 0 Å². The second kappa shape index (κ2) is 4.37. The van der Waals surface area contributed by atoms with E-state index >= 15 is 0 Å². The van der Waals surface area contributed by atoms with Crippen molar-refractivity contribution in [2.75, 3.05) is 5.75 Å². The predicted molar refractivity (Wildman–Crippen MR) is 84.5 cm³/mol. The molecule has 1 saturated heterocycles. The number of amides is 1. The van der Waals surface area contributed by atoms with Crippen molar-refractivity contribution >= 4 is 15.9 Å². The third-order valence-electron chi connectivity index (χ3n) is 7.21. The van der Waals surface area contributed by atoms with Crippen LogP contribution in [-0.4, -0.2) is 30.4 Å². The van der Waals surface area contributed by atoms with Crippen molar-refractivity contribution in [1.82, 2.24) is 4.31 Å². The summed E-state index contributed by atoms with van der Waals surface area (Å²) in [6.45, 7) is 4.43. The average molecular weight is 323 g/mol. The highest BCUT2D eigenvalue weighted by atomic mass is 32.2. The minimum atomic E-state index is -3.44. The Morgan fingerprint density at radius 2 is 2.09 bits per heavy atom. The molecule has 4 rings (SSSR count). The van der Waals surface area contributed by atoms with Gasteiger partial charge in [0.2, 0.25) is 15.9 Å². The highest BCUT2D eigenvalue weighted by Gasteiger charge is 2.72. The van der Waals surface area contributed by atoms with E-state index in [0.29, 0.717) is 12.3 Å². The van der Waals surface area contributed by atoms with Gasteiger partial charge >= 0.3 is 0 Å². The fourth-order valence-corrected chi connectivity index (χ4v) is 8.36. The summed E-state index contributed by atoms with van der Waals surface area (Å²) >= 11 is 0. The quantitative estimate of drug-likeness (QED) is 0.734. The van der Waals surface area contributed by atoms with Gasteiger partial charge in [0.15, 0.2) is 0 Å². The lowest BCUT2D eigenvalue weighted by molar-refractivity contribution is -0.129. The molecule has 122 valence electrons. The zero-order chi connectivity index (χ0) is 15.8. The summed E-state index contributed by atoms with van der Waals surface area (Å²) < 4.78 is 26.8. The minimum absolute atomic E-state index is 0.0347. The van der Waals surface area contributed by atoms with E-state index in [1.54, 1.807) is 0 Å². The number of nitrogens with zero attached hydrogens (tertiary/aromatic N) is 1. The first kappa shape index (κ1) is 14.7. The van der Waals surface area contributed by atoms with Crippen LogP contribution in [0, 0.1) is 22.7 Å². The number of fused-ring (bicyclic) bond motifs is 1. The number of carbonyl (C=O) groups is 1. The van der Waals surface area contributed by atoms with Gasteiger partial charge in [-0.05, 0) is 49.4 Å². The van der Waals surface area contributed by atoms with Crippen molar-refractivity contribution in [3.8, 4) is 0 Å². The van der Waals surface area contributed by atoms with Gasteiger partial charge < -0.3 is 0 Å². The van der Waals surface area contributed by atoms with Crippen LogP contribution < -0.4 is 0 Å². The Morgan fingerprint density at radius 1 is 1.32 bits per heavy atom. The summed E-state index contributed by atoms with van der Waals surface area (Å²) in [6.07, 6.45) is 9.45. The Balaban J connectivity index is 1.66. The molecule has 4 aliphatic rings. The van der Waals surface area contributed by atoms with Crippen LogP contribution >= 0.6 is 0 Å². The Bertz CT molecular complexity index is 651. The monoisotopic (exact) mass is 323 g/mol. The van der Waals surface area contributed by atoms with Crippen molar-refractivity contribution in [2.24, 2.45) is 22.7 Å². The molecule has 1 heterocycles. The first-order chi connectivity index (χ1) is 10.3. The Hall–Kier alpha value is -0.840. The molecular formula is C17H25NO3S. The molecule has 4 nitrogen and oxygen atoms in total. The fraction of sp³-hybridized carbons (Fsp3) is 0.824. The second-order valence-corrected chi connectivity index (χ2v) is 10.1. The lowest BCUT2D eigenvalue weighted by Crippen LogP contribution is -2.44. The van der Waals surface area contributed by atoms with Gasteiger partial charge in [-0.2, -0.15) is 0 Å². The number of rotatable bonds is 2. The first-order valence-corrected chi connectivity index (χ1v) is 10.1. The molecule has 1 spiro atoms. The molecule has 22 heavy (non-hydrogen) atoms. The molecule has 3 fully saturated rings. The van der Waals surface area contributed by atoms with Crippen LogP contribution in [0.1, 0.15) is 52.4 Å². The number of hydrogen-bond acceptors (Lipinski definition) is 3. The minimum Gasteiger partial charge on any atom is -0.274 e. The van der Waals surface area contributed by atoms with Crippen LogP contribution in [0.5, 0.6) is 0 Å². The Labute approximate surface area is 133 Å². The molecule has 0 N–H and O–H groups in total. The van der Waals surface area contributed by atoms with Gasteiger partial charge in [0.05, 0.1) is 11.8 Å². The number of carbonyl (C=O) groups excluding carboxylic acids is 1. The van der Waals surface area contributed by atoms with Gasteiger partial charge in [0.1, 0.15) is 0 Å². The van der Waals surface area contributed by atoms with Gasteiger partial charge in [-0.1, -0.05) is 26.0 Å². The van der Waals surface area contributed by atoms with E-state index in [1.165, 1.54) is 4.31 Å². The standard InChI is InChI=1S/C17H25NO3S/c1-16(2)13-7-8-17(16)11-22(20,21)18(14(17)10-13)15(19)9-12-5-3-4-6-12/h3,5,12-14H,4,6-11H2,1-2H3/t12-,13+,14+,17-/m0/s1. The molecule has 0 aromatic rings. The fourth-order valence-electron chi connectivity index (χ4n) is 5.80. The average Bonchev–Trinajstić information content (AvgIpc) is 3.09. The smallest absolute Gasteiger partial charge is 0.238 e. The van der Waals surface area contributed by atoms with E-state index in [4.69, 9.17) is 0 Å². The van der Waals surface area contributed by atoms with Crippen molar-refractivity contribution in [3.63, 3.8) is 0 Å². The first-order valence-electron chi connectivity index (χ1n) is 8.49. The van der Waals surface area contributed by atoms with Gasteiger partial charge in [-0.25, -0.2) is 12.7 Å². The second-order valence-electron chi connectivity index (χ2n) is 8.28. The number of sulfonamides is 1. The predicted octanol–water partition coefficient (Wildman–Crippen LogP) is 2.71. The number of allylic oxidation sites excluding steroid dienone is 2. The lowest BCUT2D eigenvalue weighted by atomic mass is 9.69. The van der Waals surface area contributed by atoms with E-state index in [-0.39, 0.29) is 34.4 Å². The summed E-state index contributed by atoms with van der Waals surface area (Å²) in [5.74, 6) is 0.808. The van der Waals surface area contributed by atoms with Crippen molar-refractivity contribution < 1.29 is 13.2 Å². The largest absolute Gasteiger partial charge is 0.274 e. The lowest BCUT2D eigenvalue weighted by Gasteiger charge is -2.37. The molecule has 0 aromatic carbocycles. The van der Waals surface area contributed by atoms with Crippen molar-refractivity contribution in [1.29, 1.82) is 0 Å². The summed E-state index contributed by atoms with van der Waals surface area (Å²) in [6, 6.07) is -0.0795. The summed E-state index contributed by atoms with van der Waals surface area (Å²) in [4.78, 5) is 12.8. The molecule has 2 saturated carbocycles. The molecule has 1 aliphatic heterocycles. The summed E-state index contributed by atoms with van der Waals surface area (Å²) in [5, 5.41) is 0. The highest BCUT2D eigenvalue weighted by Crippen LogP contribution is 2.70. The zero-order valence-electron chi connectivity index (χ0n) is 13.4. The van der Waals surface area contributed by atoms with Gasteiger partial charge in [0, 0.05) is 11.8 Å². The van der Waals surface area contributed by atoms with Crippen LogP contribution in [0.15, 0.2) is 12.2 Å². The van der Waals surface area contributed by atoms with Crippen LogP contribution in [0.3, 0.4) is 0 Å². The van der Waals surface area contributed by atoms with E-state index in [9.17, 15) is 13.2 Å². The van der Waals surface area contributed by atoms with Crippen LogP contribution in [0.4, 0.5) is 0 Å². The summed E-state index contributed by atoms with van der Waals surface area (Å²) in [7, 11) is -3.44. The molecule has 2 bridgehead atoms. The maximum absolute atomic E-state index is 12.8. The molecule has 4 atom stereocenters. The Morgan fingerprint density at radius 3 is 2.73 bits per heavy atom. The van der Waals surface area contributed by atoms with E-state index < -0.39 is 10.0 Å². The molecule has 0 aromatic heterocycles. The highest BCUT2D eigenvalue weighted by molar-refractivity contribution is 7.90. The van der Waals surface area contributed by atoms with E-state index in [0.717, 1.165) is 32.1 Å². The van der Waals surface area contributed by atoms with Crippen molar-refractivity contribution in [2.45, 2.75) is 58.4 Å². The molecule has 0 radical (unpaired) electrons. The normalized spacial score (nSPS) is 43.7. The van der Waals surface area contributed by atoms with Crippen LogP contribution in [-0.2, 0) is 14.8 Å². The van der Waals surface area contributed by atoms with Gasteiger partial charge in [-0.15, -0.1) is 0 Å². The molecule has 0 unspecified atom stereocenters. The van der Waals surface area contributed by atoms with Gasteiger partial charge in [-0.3, -0.25) is 4.79 Å². The SMILES string of the molecule is CC1(C)[C@@H]2CC[C@@]13CS(=O)(=O)N(C(=O)C[C@H]1C=CCC1)[C@@H]3C2. The van der Waals surface area contributed by atoms with Crippen LogP contribution in [0.2, 0.25) is 0 Å². The molecule has 1 amide bonds. The zero-order valence-corrected chi connectivity index (χ0v) is 14.2. The van der Waals surface area contributed by atoms with E-state index in [2.05, 4.69) is 26.0 Å². The number of hydrogen-bond donors (Lipinski definition) is 0. The maximum atomic E-state index is 12.8.